The van der Waals surface area contributed by atoms with Gasteiger partial charge in [-0.3, -0.25) is 9.69 Å². The number of ether oxygens (including phenoxy) is 1. The van der Waals surface area contributed by atoms with Crippen molar-refractivity contribution in [3.05, 3.63) is 58.0 Å². The van der Waals surface area contributed by atoms with E-state index in [1.807, 2.05) is 0 Å². The number of hydrogen-bond donors (Lipinski definition) is 1. The van der Waals surface area contributed by atoms with Crippen LogP contribution in [-0.2, 0) is 10.9 Å². The Balaban J connectivity index is 1.75. The third kappa shape index (κ3) is 5.12. The van der Waals surface area contributed by atoms with Crippen LogP contribution in [0.1, 0.15) is 27.7 Å². The molecule has 1 saturated heterocycles. The predicted octanol–water partition coefficient (Wildman–Crippen LogP) is 3.86. The Bertz CT molecular complexity index is 771. The molecule has 146 valence electrons. The molecule has 1 unspecified atom stereocenters. The lowest BCUT2D eigenvalue weighted by atomic mass is 10.0. The van der Waals surface area contributed by atoms with Gasteiger partial charge in [0.2, 0.25) is 0 Å². The van der Waals surface area contributed by atoms with E-state index in [0.717, 1.165) is 12.1 Å². The van der Waals surface area contributed by atoms with Crippen LogP contribution in [0.3, 0.4) is 0 Å². The zero-order valence-corrected chi connectivity index (χ0v) is 15.8. The van der Waals surface area contributed by atoms with E-state index in [1.165, 1.54) is 12.1 Å². The lowest BCUT2D eigenvalue weighted by molar-refractivity contribution is -0.137. The molecule has 1 atom stereocenters. The van der Waals surface area contributed by atoms with Gasteiger partial charge in [0.25, 0.3) is 5.91 Å². The summed E-state index contributed by atoms with van der Waals surface area (Å²) >= 11 is 3.14. The zero-order chi connectivity index (χ0) is 19.4. The lowest BCUT2D eigenvalue weighted by Gasteiger charge is -2.35. The molecule has 2 heterocycles. The second kappa shape index (κ2) is 8.45. The SMILES string of the molecule is O=C(NCC(c1ccc(C(F)(F)F)cc1)N1CCOCC1)c1ccc(Br)o1. The summed E-state index contributed by atoms with van der Waals surface area (Å²) in [6, 6.07) is 7.93. The second-order valence-electron chi connectivity index (χ2n) is 6.10. The molecular formula is C18H18BrF3N2O3. The highest BCUT2D eigenvalue weighted by Gasteiger charge is 2.31. The first kappa shape index (κ1) is 19.9. The fraction of sp³-hybridized carbons (Fsp3) is 0.389. The highest BCUT2D eigenvalue weighted by Crippen LogP contribution is 2.31. The van der Waals surface area contributed by atoms with Crippen LogP contribution < -0.4 is 5.32 Å². The van der Waals surface area contributed by atoms with E-state index in [9.17, 15) is 18.0 Å². The van der Waals surface area contributed by atoms with Gasteiger partial charge in [0.1, 0.15) is 0 Å². The average Bonchev–Trinajstić information content (AvgIpc) is 3.09. The molecule has 0 spiro atoms. The Hall–Kier alpha value is -1.84. The maximum atomic E-state index is 12.8. The van der Waals surface area contributed by atoms with Gasteiger partial charge in [0.15, 0.2) is 10.4 Å². The number of nitrogens with zero attached hydrogens (tertiary/aromatic N) is 1. The van der Waals surface area contributed by atoms with Gasteiger partial charge in [-0.1, -0.05) is 12.1 Å². The fourth-order valence-corrected chi connectivity index (χ4v) is 3.26. The molecular weight excluding hydrogens is 429 g/mol. The van der Waals surface area contributed by atoms with Gasteiger partial charge in [0, 0.05) is 19.6 Å². The predicted molar refractivity (Wildman–Crippen MR) is 95.3 cm³/mol. The molecule has 3 rings (SSSR count). The van der Waals surface area contributed by atoms with Crippen molar-refractivity contribution in [3.63, 3.8) is 0 Å². The average molecular weight is 447 g/mol. The van der Waals surface area contributed by atoms with Gasteiger partial charge < -0.3 is 14.5 Å². The molecule has 0 radical (unpaired) electrons. The maximum absolute atomic E-state index is 12.8. The van der Waals surface area contributed by atoms with Crippen molar-refractivity contribution in [1.29, 1.82) is 0 Å². The normalized spacial score (nSPS) is 16.9. The number of hydrogen-bond acceptors (Lipinski definition) is 4. The monoisotopic (exact) mass is 446 g/mol. The van der Waals surface area contributed by atoms with Crippen LogP contribution in [0.5, 0.6) is 0 Å². The molecule has 1 fully saturated rings. The lowest BCUT2D eigenvalue weighted by Crippen LogP contribution is -2.43. The molecule has 9 heteroatoms. The first-order chi connectivity index (χ1) is 12.8. The van der Waals surface area contributed by atoms with Crippen LogP contribution >= 0.6 is 15.9 Å². The standard InChI is InChI=1S/C18H18BrF3N2O3/c19-16-6-5-15(27-16)17(25)23-11-14(24-7-9-26-10-8-24)12-1-3-13(4-2-12)18(20,21)22/h1-6,14H,7-11H2,(H,23,25). The first-order valence-corrected chi connectivity index (χ1v) is 9.16. The molecule has 1 aromatic carbocycles. The van der Waals surface area contributed by atoms with Crippen LogP contribution in [0.4, 0.5) is 13.2 Å². The summed E-state index contributed by atoms with van der Waals surface area (Å²) in [5.74, 6) is -0.221. The first-order valence-electron chi connectivity index (χ1n) is 8.37. The van der Waals surface area contributed by atoms with Gasteiger partial charge in [-0.2, -0.15) is 13.2 Å². The van der Waals surface area contributed by atoms with Gasteiger partial charge in [-0.15, -0.1) is 0 Å². The summed E-state index contributed by atoms with van der Waals surface area (Å²) in [4.78, 5) is 14.3. The molecule has 1 aromatic heterocycles. The molecule has 27 heavy (non-hydrogen) atoms. The molecule has 1 aliphatic rings. The van der Waals surface area contributed by atoms with Crippen LogP contribution in [0.25, 0.3) is 0 Å². The molecule has 5 nitrogen and oxygen atoms in total. The molecule has 0 saturated carbocycles. The van der Waals surface area contributed by atoms with Crippen molar-refractivity contribution in [1.82, 2.24) is 10.2 Å². The van der Waals surface area contributed by atoms with Gasteiger partial charge in [-0.05, 0) is 45.8 Å². The Morgan fingerprint density at radius 2 is 1.81 bits per heavy atom. The largest absolute Gasteiger partial charge is 0.444 e. The van der Waals surface area contributed by atoms with E-state index >= 15 is 0 Å². The summed E-state index contributed by atoms with van der Waals surface area (Å²) in [5.41, 5.74) is 0.00211. The van der Waals surface area contributed by atoms with Crippen molar-refractivity contribution < 1.29 is 27.1 Å². The van der Waals surface area contributed by atoms with Gasteiger partial charge in [-0.25, -0.2) is 0 Å². The summed E-state index contributed by atoms with van der Waals surface area (Å²) < 4.78 is 49.5. The van der Waals surface area contributed by atoms with E-state index in [2.05, 4.69) is 26.1 Å². The molecule has 2 aromatic rings. The third-order valence-electron chi connectivity index (χ3n) is 4.36. The van der Waals surface area contributed by atoms with Gasteiger partial charge >= 0.3 is 6.18 Å². The Morgan fingerprint density at radius 3 is 2.37 bits per heavy atom. The summed E-state index contributed by atoms with van der Waals surface area (Å²) in [7, 11) is 0. The van der Waals surface area contributed by atoms with Crippen molar-refractivity contribution in [3.8, 4) is 0 Å². The number of furan rings is 1. The number of morpholine rings is 1. The van der Waals surface area contributed by atoms with Gasteiger partial charge in [0.05, 0.1) is 24.8 Å². The summed E-state index contributed by atoms with van der Waals surface area (Å²) in [6.45, 7) is 2.58. The molecule has 1 amide bonds. The number of rotatable bonds is 5. The number of nitrogens with one attached hydrogen (secondary N) is 1. The number of alkyl halides is 3. The Labute approximate surface area is 162 Å². The minimum absolute atomic E-state index is 0.162. The Morgan fingerprint density at radius 1 is 1.15 bits per heavy atom. The number of benzene rings is 1. The molecule has 1 aliphatic heterocycles. The quantitative estimate of drug-likeness (QED) is 0.757. The van der Waals surface area contributed by atoms with E-state index < -0.39 is 11.7 Å². The fourth-order valence-electron chi connectivity index (χ4n) is 2.95. The van der Waals surface area contributed by atoms with E-state index in [-0.39, 0.29) is 24.3 Å². The summed E-state index contributed by atoms with van der Waals surface area (Å²) in [6.07, 6.45) is -4.38. The number of halogens is 4. The smallest absolute Gasteiger partial charge is 0.416 e. The van der Waals surface area contributed by atoms with Crippen LogP contribution in [-0.4, -0.2) is 43.7 Å². The number of amides is 1. The van der Waals surface area contributed by atoms with E-state index in [1.54, 1.807) is 12.1 Å². The maximum Gasteiger partial charge on any atom is 0.416 e. The van der Waals surface area contributed by atoms with Crippen LogP contribution in [0.2, 0.25) is 0 Å². The number of carbonyl (C=O) groups excluding carboxylic acids is 1. The minimum Gasteiger partial charge on any atom is -0.444 e. The number of carbonyl (C=O) groups is 1. The van der Waals surface area contributed by atoms with E-state index in [4.69, 9.17) is 9.15 Å². The van der Waals surface area contributed by atoms with Crippen molar-refractivity contribution in [2.45, 2.75) is 12.2 Å². The minimum atomic E-state index is -4.38. The summed E-state index contributed by atoms with van der Waals surface area (Å²) in [5, 5.41) is 2.79. The zero-order valence-electron chi connectivity index (χ0n) is 14.3. The topological polar surface area (TPSA) is 54.7 Å². The van der Waals surface area contributed by atoms with E-state index in [0.29, 0.717) is 36.5 Å². The second-order valence-corrected chi connectivity index (χ2v) is 6.88. The van der Waals surface area contributed by atoms with Crippen molar-refractivity contribution in [2.24, 2.45) is 0 Å². The highest BCUT2D eigenvalue weighted by molar-refractivity contribution is 9.10. The molecule has 1 N–H and O–H groups in total. The molecule has 0 aliphatic carbocycles. The van der Waals surface area contributed by atoms with Crippen molar-refractivity contribution in [2.75, 3.05) is 32.8 Å². The molecule has 0 bridgehead atoms. The van der Waals surface area contributed by atoms with Crippen molar-refractivity contribution >= 4 is 21.8 Å². The Kier molecular flexibility index (Phi) is 6.23. The third-order valence-corrected chi connectivity index (χ3v) is 4.79. The van der Waals surface area contributed by atoms with Crippen LogP contribution in [0, 0.1) is 0 Å². The van der Waals surface area contributed by atoms with Crippen LogP contribution in [0.15, 0.2) is 45.5 Å². The highest BCUT2D eigenvalue weighted by atomic mass is 79.9.